The van der Waals surface area contributed by atoms with E-state index in [0.29, 0.717) is 30.4 Å². The minimum atomic E-state index is 0.0135. The molecule has 1 aliphatic rings. The summed E-state index contributed by atoms with van der Waals surface area (Å²) in [5, 5.41) is 0. The van der Waals surface area contributed by atoms with Crippen molar-refractivity contribution in [1.82, 2.24) is 14.5 Å². The molecule has 1 aromatic carbocycles. The summed E-state index contributed by atoms with van der Waals surface area (Å²) >= 11 is 0. The molecule has 0 spiro atoms. The predicted octanol–water partition coefficient (Wildman–Crippen LogP) is 2.67. The third-order valence-electron chi connectivity index (χ3n) is 4.12. The predicted molar refractivity (Wildman–Crippen MR) is 84.1 cm³/mol. The lowest BCUT2D eigenvalue weighted by Crippen LogP contribution is -2.37. The Bertz CT molecular complexity index is 691. The van der Waals surface area contributed by atoms with Crippen LogP contribution in [0.1, 0.15) is 41.6 Å². The molecule has 5 heteroatoms. The van der Waals surface area contributed by atoms with Crippen molar-refractivity contribution in [1.29, 1.82) is 0 Å². The number of fused-ring (bicyclic) bond motifs is 1. The van der Waals surface area contributed by atoms with Crippen LogP contribution in [0.5, 0.6) is 5.75 Å². The first-order valence-electron chi connectivity index (χ1n) is 7.58. The lowest BCUT2D eigenvalue weighted by molar-refractivity contribution is 0.0725. The molecule has 116 valence electrons. The van der Waals surface area contributed by atoms with Crippen molar-refractivity contribution in [2.45, 2.75) is 32.9 Å². The quantitative estimate of drug-likeness (QED) is 0.875. The van der Waals surface area contributed by atoms with E-state index in [1.807, 2.05) is 35.5 Å². The van der Waals surface area contributed by atoms with Crippen LogP contribution in [0.4, 0.5) is 0 Å². The monoisotopic (exact) mass is 299 g/mol. The number of ether oxygens (including phenoxy) is 1. The molecule has 0 radical (unpaired) electrons. The van der Waals surface area contributed by atoms with E-state index in [1.165, 1.54) is 0 Å². The minimum absolute atomic E-state index is 0.0135. The lowest BCUT2D eigenvalue weighted by Gasteiger charge is -2.28. The molecule has 0 bridgehead atoms. The topological polar surface area (TPSA) is 47.4 Å². The Morgan fingerprint density at radius 3 is 2.82 bits per heavy atom. The molecule has 3 rings (SSSR count). The molecule has 1 aromatic heterocycles. The number of amides is 1. The average Bonchev–Trinajstić information content (AvgIpc) is 2.97. The molecule has 0 saturated heterocycles. The summed E-state index contributed by atoms with van der Waals surface area (Å²) in [6, 6.07) is 7.72. The van der Waals surface area contributed by atoms with Crippen molar-refractivity contribution in [2.75, 3.05) is 13.7 Å². The van der Waals surface area contributed by atoms with Crippen molar-refractivity contribution in [3.63, 3.8) is 0 Å². The number of carbonyl (C=O) groups excluding carboxylic acids is 1. The van der Waals surface area contributed by atoms with Gasteiger partial charge in [-0.2, -0.15) is 0 Å². The molecule has 2 heterocycles. The standard InChI is InChI=1S/C17H21N3O2/c1-12(2)20-11-18-14-8-9-19(10-15(14)20)17(21)13-6-4-5-7-16(13)22-3/h4-7,11-12H,8-10H2,1-3H3. The van der Waals surface area contributed by atoms with Gasteiger partial charge in [0, 0.05) is 19.0 Å². The number of hydrogen-bond acceptors (Lipinski definition) is 3. The third-order valence-corrected chi connectivity index (χ3v) is 4.12. The fourth-order valence-electron chi connectivity index (χ4n) is 2.92. The van der Waals surface area contributed by atoms with E-state index in [4.69, 9.17) is 4.74 Å². The van der Waals surface area contributed by atoms with Crippen LogP contribution in [0, 0.1) is 0 Å². The van der Waals surface area contributed by atoms with E-state index in [9.17, 15) is 4.79 Å². The highest BCUT2D eigenvalue weighted by atomic mass is 16.5. The van der Waals surface area contributed by atoms with E-state index >= 15 is 0 Å². The second-order valence-corrected chi connectivity index (χ2v) is 5.82. The molecule has 0 unspecified atom stereocenters. The van der Waals surface area contributed by atoms with Crippen molar-refractivity contribution in [2.24, 2.45) is 0 Å². The van der Waals surface area contributed by atoms with Gasteiger partial charge in [0.05, 0.1) is 36.9 Å². The number of methoxy groups -OCH3 is 1. The molecular weight excluding hydrogens is 278 g/mol. The molecular formula is C17H21N3O2. The highest BCUT2D eigenvalue weighted by molar-refractivity contribution is 5.97. The van der Waals surface area contributed by atoms with Gasteiger partial charge >= 0.3 is 0 Å². The molecule has 1 amide bonds. The van der Waals surface area contributed by atoms with Gasteiger partial charge < -0.3 is 14.2 Å². The highest BCUT2D eigenvalue weighted by Crippen LogP contribution is 2.25. The number of nitrogens with zero attached hydrogens (tertiary/aromatic N) is 3. The van der Waals surface area contributed by atoms with Crippen LogP contribution >= 0.6 is 0 Å². The normalized spacial score (nSPS) is 14.1. The van der Waals surface area contributed by atoms with E-state index < -0.39 is 0 Å². The summed E-state index contributed by atoms with van der Waals surface area (Å²) < 4.78 is 7.46. The minimum Gasteiger partial charge on any atom is -0.496 e. The van der Waals surface area contributed by atoms with Gasteiger partial charge in [-0.1, -0.05) is 12.1 Å². The Kier molecular flexibility index (Phi) is 3.88. The molecule has 0 aliphatic carbocycles. The Hall–Kier alpha value is -2.30. The smallest absolute Gasteiger partial charge is 0.257 e. The molecule has 22 heavy (non-hydrogen) atoms. The summed E-state index contributed by atoms with van der Waals surface area (Å²) in [7, 11) is 1.59. The van der Waals surface area contributed by atoms with E-state index in [1.54, 1.807) is 7.11 Å². The second-order valence-electron chi connectivity index (χ2n) is 5.82. The fourth-order valence-corrected chi connectivity index (χ4v) is 2.92. The maximum absolute atomic E-state index is 12.8. The van der Waals surface area contributed by atoms with Crippen molar-refractivity contribution in [3.8, 4) is 5.75 Å². The van der Waals surface area contributed by atoms with Crippen molar-refractivity contribution >= 4 is 5.91 Å². The second kappa shape index (κ2) is 5.83. The molecule has 0 atom stereocenters. The zero-order chi connectivity index (χ0) is 15.7. The van der Waals surface area contributed by atoms with E-state index in [2.05, 4.69) is 23.4 Å². The van der Waals surface area contributed by atoms with Crippen LogP contribution in [0.2, 0.25) is 0 Å². The zero-order valence-electron chi connectivity index (χ0n) is 13.2. The zero-order valence-corrected chi connectivity index (χ0v) is 13.2. The molecule has 2 aromatic rings. The van der Waals surface area contributed by atoms with Crippen LogP contribution in [0.25, 0.3) is 0 Å². The third kappa shape index (κ3) is 2.47. The van der Waals surface area contributed by atoms with Crippen LogP contribution in [0.15, 0.2) is 30.6 Å². The summed E-state index contributed by atoms with van der Waals surface area (Å²) in [4.78, 5) is 19.2. The largest absolute Gasteiger partial charge is 0.496 e. The summed E-state index contributed by atoms with van der Waals surface area (Å²) in [6.07, 6.45) is 2.68. The van der Waals surface area contributed by atoms with Gasteiger partial charge in [0.1, 0.15) is 5.75 Å². The summed E-state index contributed by atoms with van der Waals surface area (Å²) in [5.41, 5.74) is 2.87. The number of hydrogen-bond donors (Lipinski definition) is 0. The van der Waals surface area contributed by atoms with Gasteiger partial charge in [0.15, 0.2) is 0 Å². The number of rotatable bonds is 3. The van der Waals surface area contributed by atoms with Gasteiger partial charge in [-0.25, -0.2) is 4.98 Å². The van der Waals surface area contributed by atoms with Crippen LogP contribution in [-0.4, -0.2) is 34.0 Å². The molecule has 0 fully saturated rings. The average molecular weight is 299 g/mol. The van der Waals surface area contributed by atoms with E-state index in [-0.39, 0.29) is 5.91 Å². The Morgan fingerprint density at radius 1 is 1.32 bits per heavy atom. The summed E-state index contributed by atoms with van der Waals surface area (Å²) in [5.74, 6) is 0.635. The summed E-state index contributed by atoms with van der Waals surface area (Å²) in [6.45, 7) is 5.55. The van der Waals surface area contributed by atoms with Crippen LogP contribution in [0.3, 0.4) is 0 Å². The number of aromatic nitrogens is 2. The Balaban J connectivity index is 1.88. The van der Waals surface area contributed by atoms with Gasteiger partial charge in [-0.15, -0.1) is 0 Å². The maximum atomic E-state index is 12.8. The maximum Gasteiger partial charge on any atom is 0.257 e. The van der Waals surface area contributed by atoms with Crippen molar-refractivity contribution in [3.05, 3.63) is 47.5 Å². The van der Waals surface area contributed by atoms with E-state index in [0.717, 1.165) is 17.8 Å². The first kappa shape index (κ1) is 14.6. The number of para-hydroxylation sites is 1. The first-order chi connectivity index (χ1) is 10.6. The molecule has 0 N–H and O–H groups in total. The first-order valence-corrected chi connectivity index (χ1v) is 7.58. The molecule has 1 aliphatic heterocycles. The van der Waals surface area contributed by atoms with Gasteiger partial charge in [0.25, 0.3) is 5.91 Å². The van der Waals surface area contributed by atoms with Crippen molar-refractivity contribution < 1.29 is 9.53 Å². The van der Waals surface area contributed by atoms with Crippen LogP contribution < -0.4 is 4.74 Å². The highest BCUT2D eigenvalue weighted by Gasteiger charge is 2.27. The van der Waals surface area contributed by atoms with Crippen LogP contribution in [-0.2, 0) is 13.0 Å². The van der Waals surface area contributed by atoms with Gasteiger partial charge in [0.2, 0.25) is 0 Å². The number of imidazole rings is 1. The molecule has 0 saturated carbocycles. The Labute approximate surface area is 130 Å². The SMILES string of the molecule is COc1ccccc1C(=O)N1CCc2ncn(C(C)C)c2C1. The number of carbonyl (C=O) groups is 1. The lowest BCUT2D eigenvalue weighted by atomic mass is 10.1. The van der Waals surface area contributed by atoms with Gasteiger partial charge in [-0.3, -0.25) is 4.79 Å². The fraction of sp³-hybridized carbons (Fsp3) is 0.412. The molecule has 5 nitrogen and oxygen atoms in total. The number of benzene rings is 1. The van der Waals surface area contributed by atoms with Gasteiger partial charge in [-0.05, 0) is 26.0 Å². The Morgan fingerprint density at radius 2 is 2.09 bits per heavy atom.